The summed E-state index contributed by atoms with van der Waals surface area (Å²) in [7, 11) is 0. The number of hydrogen-bond acceptors (Lipinski definition) is 3. The molecule has 0 saturated heterocycles. The van der Waals surface area contributed by atoms with Crippen LogP contribution in [0.2, 0.25) is 0 Å². The highest BCUT2D eigenvalue weighted by molar-refractivity contribution is 5.84. The Balaban J connectivity index is 1.53. The van der Waals surface area contributed by atoms with Crippen molar-refractivity contribution in [3.63, 3.8) is 0 Å². The number of rotatable bonds is 12. The van der Waals surface area contributed by atoms with Crippen molar-refractivity contribution in [1.29, 1.82) is 0 Å². The third-order valence-corrected chi connectivity index (χ3v) is 5.07. The zero-order valence-electron chi connectivity index (χ0n) is 16.6. The second-order valence-corrected chi connectivity index (χ2v) is 7.35. The van der Waals surface area contributed by atoms with E-state index in [0.717, 1.165) is 47.2 Å². The van der Waals surface area contributed by atoms with Gasteiger partial charge in [-0.2, -0.15) is 0 Å². The lowest BCUT2D eigenvalue weighted by atomic mass is 10.1. The topological polar surface area (TPSA) is 42.4 Å². The molecule has 0 radical (unpaired) electrons. The van der Waals surface area contributed by atoms with Gasteiger partial charge in [0.1, 0.15) is 17.9 Å². The summed E-state index contributed by atoms with van der Waals surface area (Å²) >= 11 is 0. The molecule has 3 heteroatoms. The number of ether oxygens (including phenoxy) is 1. The number of hydrogen-bond donors (Lipinski definition) is 1. The van der Waals surface area contributed by atoms with Gasteiger partial charge in [0.2, 0.25) is 0 Å². The van der Waals surface area contributed by atoms with Gasteiger partial charge in [0.15, 0.2) is 0 Å². The molecule has 1 N–H and O–H groups in total. The number of aliphatic hydroxyl groups excluding tert-OH is 1. The van der Waals surface area contributed by atoms with Crippen LogP contribution in [0, 0.1) is 0 Å². The zero-order chi connectivity index (χ0) is 19.4. The maximum Gasteiger partial charge on any atom is 0.146 e. The van der Waals surface area contributed by atoms with E-state index in [0.29, 0.717) is 13.2 Å². The minimum Gasteiger partial charge on any atom is -0.487 e. The average molecular weight is 378 g/mol. The molecule has 0 aliphatic rings. The van der Waals surface area contributed by atoms with Crippen LogP contribution < -0.4 is 4.74 Å². The predicted octanol–water partition coefficient (Wildman–Crippen LogP) is 6.08. The summed E-state index contributed by atoms with van der Waals surface area (Å²) in [6.07, 6.45) is 9.28. The lowest BCUT2D eigenvalue weighted by Gasteiger charge is -2.10. The number of aryl methyl sites for hydroxylation is 1. The molecule has 0 unspecified atom stereocenters. The number of fused-ring (bicyclic) bond motifs is 1. The minimum absolute atomic E-state index is 0.324. The number of aliphatic hydroxyl groups is 1. The summed E-state index contributed by atoms with van der Waals surface area (Å²) in [4.78, 5) is 4.89. The van der Waals surface area contributed by atoms with Gasteiger partial charge >= 0.3 is 0 Å². The Kier molecular flexibility index (Phi) is 8.32. The van der Waals surface area contributed by atoms with Gasteiger partial charge in [-0.25, -0.2) is 4.98 Å². The van der Waals surface area contributed by atoms with Crippen LogP contribution in [0.25, 0.3) is 10.9 Å². The average Bonchev–Trinajstić information content (AvgIpc) is 2.75. The summed E-state index contributed by atoms with van der Waals surface area (Å²) < 4.78 is 6.07. The molecule has 148 valence electrons. The first kappa shape index (κ1) is 20.3. The molecule has 0 aliphatic heterocycles. The number of pyridine rings is 1. The molecule has 1 aromatic heterocycles. The maximum atomic E-state index is 8.80. The van der Waals surface area contributed by atoms with Gasteiger partial charge in [0.25, 0.3) is 0 Å². The molecule has 0 aliphatic carbocycles. The van der Waals surface area contributed by atoms with Crippen LogP contribution in [-0.2, 0) is 13.0 Å². The van der Waals surface area contributed by atoms with E-state index < -0.39 is 0 Å². The standard InChI is InChI=1S/C25H31NO2/c27-19-10-5-3-1-2-4-9-15-23-18-17-22-14-11-16-24(25(22)26-23)28-20-21-12-7-6-8-13-21/h6-8,11-14,16-18,27H,1-5,9-10,15,19-20H2. The third-order valence-electron chi connectivity index (χ3n) is 5.07. The van der Waals surface area contributed by atoms with Crippen LogP contribution in [0.4, 0.5) is 0 Å². The van der Waals surface area contributed by atoms with Crippen LogP contribution in [0.15, 0.2) is 60.7 Å². The first-order valence-electron chi connectivity index (χ1n) is 10.5. The molecule has 0 amide bonds. The summed E-state index contributed by atoms with van der Waals surface area (Å²) in [5, 5.41) is 9.93. The van der Waals surface area contributed by atoms with Gasteiger partial charge in [0, 0.05) is 17.7 Å². The Labute approximate surface area is 168 Å². The highest BCUT2D eigenvalue weighted by atomic mass is 16.5. The molecule has 3 aromatic rings. The first-order chi connectivity index (χ1) is 13.9. The summed E-state index contributed by atoms with van der Waals surface area (Å²) in [6.45, 7) is 0.882. The Morgan fingerprint density at radius 3 is 2.25 bits per heavy atom. The molecular weight excluding hydrogens is 346 g/mol. The van der Waals surface area contributed by atoms with Gasteiger partial charge in [-0.05, 0) is 37.0 Å². The highest BCUT2D eigenvalue weighted by Gasteiger charge is 2.06. The van der Waals surface area contributed by atoms with E-state index in [1.54, 1.807) is 0 Å². The van der Waals surface area contributed by atoms with Crippen molar-refractivity contribution < 1.29 is 9.84 Å². The van der Waals surface area contributed by atoms with Crippen LogP contribution in [-0.4, -0.2) is 16.7 Å². The molecule has 28 heavy (non-hydrogen) atoms. The Morgan fingerprint density at radius 1 is 0.714 bits per heavy atom. The van der Waals surface area contributed by atoms with E-state index in [9.17, 15) is 0 Å². The van der Waals surface area contributed by atoms with Gasteiger partial charge < -0.3 is 9.84 Å². The smallest absolute Gasteiger partial charge is 0.146 e. The molecule has 2 aromatic carbocycles. The Morgan fingerprint density at radius 2 is 1.46 bits per heavy atom. The summed E-state index contributed by atoms with van der Waals surface area (Å²) in [5.74, 6) is 0.854. The largest absolute Gasteiger partial charge is 0.487 e. The zero-order valence-corrected chi connectivity index (χ0v) is 16.6. The molecule has 0 fully saturated rings. The van der Waals surface area contributed by atoms with Crippen molar-refractivity contribution in [2.45, 2.75) is 58.0 Å². The van der Waals surface area contributed by atoms with Gasteiger partial charge in [-0.3, -0.25) is 0 Å². The monoisotopic (exact) mass is 377 g/mol. The van der Waals surface area contributed by atoms with Crippen molar-refractivity contribution in [2.24, 2.45) is 0 Å². The van der Waals surface area contributed by atoms with Gasteiger partial charge in [-0.1, -0.05) is 80.6 Å². The maximum absolute atomic E-state index is 8.80. The van der Waals surface area contributed by atoms with Crippen molar-refractivity contribution in [3.05, 3.63) is 71.9 Å². The molecule has 0 atom stereocenters. The summed E-state index contributed by atoms with van der Waals surface area (Å²) in [6, 6.07) is 20.7. The van der Waals surface area contributed by atoms with Crippen LogP contribution >= 0.6 is 0 Å². The number of nitrogens with zero attached hydrogens (tertiary/aromatic N) is 1. The first-order valence-corrected chi connectivity index (χ1v) is 10.5. The second-order valence-electron chi connectivity index (χ2n) is 7.35. The van der Waals surface area contributed by atoms with Crippen molar-refractivity contribution in [2.75, 3.05) is 6.61 Å². The molecule has 0 saturated carbocycles. The number of unbranched alkanes of at least 4 members (excludes halogenated alkanes) is 6. The van der Waals surface area contributed by atoms with E-state index in [1.165, 1.54) is 32.1 Å². The van der Waals surface area contributed by atoms with E-state index >= 15 is 0 Å². The van der Waals surface area contributed by atoms with Gasteiger partial charge in [-0.15, -0.1) is 0 Å². The lowest BCUT2D eigenvalue weighted by Crippen LogP contribution is -1.98. The van der Waals surface area contributed by atoms with Crippen molar-refractivity contribution in [3.8, 4) is 5.75 Å². The van der Waals surface area contributed by atoms with Crippen molar-refractivity contribution >= 4 is 10.9 Å². The Bertz CT molecular complexity index is 832. The number of para-hydroxylation sites is 1. The highest BCUT2D eigenvalue weighted by Crippen LogP contribution is 2.25. The fraction of sp³-hybridized carbons (Fsp3) is 0.400. The van der Waals surface area contributed by atoms with Crippen LogP contribution in [0.1, 0.15) is 56.2 Å². The fourth-order valence-electron chi connectivity index (χ4n) is 3.45. The molecule has 3 rings (SSSR count). The summed E-state index contributed by atoms with van der Waals surface area (Å²) in [5.41, 5.74) is 3.26. The lowest BCUT2D eigenvalue weighted by molar-refractivity contribution is 0.282. The molecule has 1 heterocycles. The van der Waals surface area contributed by atoms with Gasteiger partial charge in [0.05, 0.1) is 0 Å². The normalized spacial score (nSPS) is 11.0. The minimum atomic E-state index is 0.324. The predicted molar refractivity (Wildman–Crippen MR) is 116 cm³/mol. The molecule has 0 spiro atoms. The second kappa shape index (κ2) is 11.5. The number of benzene rings is 2. The van der Waals surface area contributed by atoms with E-state index in [4.69, 9.17) is 14.8 Å². The van der Waals surface area contributed by atoms with Crippen LogP contribution in [0.3, 0.4) is 0 Å². The number of aromatic nitrogens is 1. The van der Waals surface area contributed by atoms with Crippen molar-refractivity contribution in [1.82, 2.24) is 4.98 Å². The van der Waals surface area contributed by atoms with E-state index in [-0.39, 0.29) is 0 Å². The molecular formula is C25H31NO2. The Hall–Kier alpha value is -2.39. The quantitative estimate of drug-likeness (QED) is 0.389. The molecule has 0 bridgehead atoms. The van der Waals surface area contributed by atoms with E-state index in [1.807, 2.05) is 30.3 Å². The van der Waals surface area contributed by atoms with E-state index in [2.05, 4.69) is 30.3 Å². The third kappa shape index (κ3) is 6.35. The fourth-order valence-corrected chi connectivity index (χ4v) is 3.45. The molecule has 3 nitrogen and oxygen atoms in total. The SMILES string of the molecule is OCCCCCCCCCc1ccc2cccc(OCc3ccccc3)c2n1. The van der Waals surface area contributed by atoms with Crippen LogP contribution in [0.5, 0.6) is 5.75 Å².